The fourth-order valence-corrected chi connectivity index (χ4v) is 3.59. The number of fused-ring (bicyclic) bond motifs is 1. The molecular formula is C20H25N5O2S. The zero-order valence-corrected chi connectivity index (χ0v) is 17.3. The molecule has 0 aliphatic carbocycles. The summed E-state index contributed by atoms with van der Waals surface area (Å²) in [7, 11) is 0. The number of benzene rings is 1. The molecule has 0 amide bonds. The van der Waals surface area contributed by atoms with Gasteiger partial charge in [-0.05, 0) is 32.2 Å². The van der Waals surface area contributed by atoms with Gasteiger partial charge in [0.05, 0.1) is 13.2 Å². The van der Waals surface area contributed by atoms with Crippen LogP contribution in [0, 0.1) is 6.92 Å². The smallest absolute Gasteiger partial charge is 0.229 e. The van der Waals surface area contributed by atoms with Gasteiger partial charge in [0.25, 0.3) is 0 Å². The third-order valence-electron chi connectivity index (χ3n) is 4.95. The molecule has 0 saturated carbocycles. The second-order valence-electron chi connectivity index (χ2n) is 6.97. The van der Waals surface area contributed by atoms with Crippen molar-refractivity contribution in [1.29, 1.82) is 0 Å². The van der Waals surface area contributed by atoms with E-state index >= 15 is 0 Å². The summed E-state index contributed by atoms with van der Waals surface area (Å²) in [4.78, 5) is 16.2. The molecule has 1 fully saturated rings. The molecule has 0 radical (unpaired) electrons. The number of thioether (sulfide) groups is 1. The molecule has 148 valence electrons. The first-order valence-corrected chi connectivity index (χ1v) is 10.7. The highest BCUT2D eigenvalue weighted by Gasteiger charge is 2.20. The second-order valence-corrected chi connectivity index (χ2v) is 7.75. The van der Waals surface area contributed by atoms with Crippen molar-refractivity contribution in [3.8, 4) is 11.5 Å². The van der Waals surface area contributed by atoms with Crippen molar-refractivity contribution in [1.82, 2.24) is 19.9 Å². The van der Waals surface area contributed by atoms with Crippen LogP contribution < -0.4 is 5.32 Å². The van der Waals surface area contributed by atoms with Gasteiger partial charge in [-0.2, -0.15) is 9.97 Å². The average Bonchev–Trinajstić information content (AvgIpc) is 3.17. The van der Waals surface area contributed by atoms with Crippen molar-refractivity contribution < 1.29 is 9.15 Å². The number of aryl methyl sites for hydroxylation is 1. The van der Waals surface area contributed by atoms with Crippen LogP contribution in [0.3, 0.4) is 0 Å². The molecule has 28 heavy (non-hydrogen) atoms. The Morgan fingerprint density at radius 3 is 2.61 bits per heavy atom. The number of rotatable bonds is 6. The lowest BCUT2D eigenvalue weighted by atomic mass is 10.1. The van der Waals surface area contributed by atoms with E-state index in [4.69, 9.17) is 9.15 Å². The summed E-state index contributed by atoms with van der Waals surface area (Å²) in [6.45, 7) is 8.53. The Labute approximate surface area is 168 Å². The van der Waals surface area contributed by atoms with Crippen molar-refractivity contribution in [2.45, 2.75) is 25.0 Å². The molecule has 4 rings (SSSR count). The maximum absolute atomic E-state index is 6.06. The maximum atomic E-state index is 6.06. The van der Waals surface area contributed by atoms with Gasteiger partial charge in [0.15, 0.2) is 11.0 Å². The molecule has 3 aromatic rings. The third-order valence-corrected chi connectivity index (χ3v) is 5.50. The molecule has 1 aromatic carbocycles. The Bertz CT molecular complexity index is 938. The van der Waals surface area contributed by atoms with Crippen molar-refractivity contribution in [3.05, 3.63) is 29.8 Å². The molecule has 1 saturated heterocycles. The molecule has 0 bridgehead atoms. The first-order valence-electron chi connectivity index (χ1n) is 9.49. The Morgan fingerprint density at radius 1 is 1.14 bits per heavy atom. The third kappa shape index (κ3) is 4.14. The molecule has 1 N–H and O–H groups in total. The quantitative estimate of drug-likeness (QED) is 0.499. The summed E-state index contributed by atoms with van der Waals surface area (Å²) < 4.78 is 11.5. The number of hydrogen-bond donors (Lipinski definition) is 1. The molecule has 1 aliphatic heterocycles. The first kappa shape index (κ1) is 19.2. The number of anilines is 1. The highest BCUT2D eigenvalue weighted by atomic mass is 32.2. The Morgan fingerprint density at radius 2 is 1.89 bits per heavy atom. The number of nitrogens with one attached hydrogen (secondary N) is 1. The number of oxazole rings is 1. The van der Waals surface area contributed by atoms with Gasteiger partial charge >= 0.3 is 0 Å². The lowest BCUT2D eigenvalue weighted by Gasteiger charge is -2.32. The average molecular weight is 400 g/mol. The summed E-state index contributed by atoms with van der Waals surface area (Å²) in [6.07, 6.45) is 1.96. The zero-order valence-electron chi connectivity index (χ0n) is 16.4. The summed E-state index contributed by atoms with van der Waals surface area (Å²) in [6, 6.07) is 8.48. The van der Waals surface area contributed by atoms with Crippen LogP contribution in [0.15, 0.2) is 33.8 Å². The standard InChI is InChI=1S/C20H25N5O2S/c1-13-4-6-15(7-5-13)19-22-18-16(27-19)17(23-20(24-18)28-3)21-12-14(2)25-8-10-26-11-9-25/h4-7,14H,8-12H2,1-3H3,(H,21,23,24)/t14-/m0/s1. The molecule has 1 aliphatic rings. The topological polar surface area (TPSA) is 76.3 Å². The van der Waals surface area contributed by atoms with Gasteiger partial charge in [0.1, 0.15) is 0 Å². The number of aromatic nitrogens is 3. The van der Waals surface area contributed by atoms with Gasteiger partial charge in [-0.1, -0.05) is 29.5 Å². The molecule has 1 atom stereocenters. The Balaban J connectivity index is 1.60. The maximum Gasteiger partial charge on any atom is 0.229 e. The predicted molar refractivity (Wildman–Crippen MR) is 112 cm³/mol. The molecule has 2 aromatic heterocycles. The van der Waals surface area contributed by atoms with E-state index in [1.165, 1.54) is 17.3 Å². The minimum Gasteiger partial charge on any atom is -0.430 e. The van der Waals surface area contributed by atoms with E-state index < -0.39 is 0 Å². The van der Waals surface area contributed by atoms with Crippen molar-refractivity contribution in [3.63, 3.8) is 0 Å². The van der Waals surface area contributed by atoms with Crippen LogP contribution in [-0.4, -0.2) is 65.0 Å². The van der Waals surface area contributed by atoms with E-state index in [1.54, 1.807) is 0 Å². The van der Waals surface area contributed by atoms with E-state index in [1.807, 2.05) is 30.5 Å². The number of hydrogen-bond acceptors (Lipinski definition) is 8. The second kappa shape index (κ2) is 8.46. The van der Waals surface area contributed by atoms with Crippen LogP contribution in [-0.2, 0) is 4.74 Å². The monoisotopic (exact) mass is 399 g/mol. The van der Waals surface area contributed by atoms with Crippen molar-refractivity contribution in [2.75, 3.05) is 44.4 Å². The normalized spacial score (nSPS) is 16.4. The van der Waals surface area contributed by atoms with Crippen LogP contribution >= 0.6 is 11.8 Å². The van der Waals surface area contributed by atoms with Crippen molar-refractivity contribution >= 4 is 28.8 Å². The zero-order chi connectivity index (χ0) is 19.5. The lowest BCUT2D eigenvalue weighted by Crippen LogP contribution is -2.45. The van der Waals surface area contributed by atoms with Gasteiger partial charge in [0.2, 0.25) is 17.1 Å². The highest BCUT2D eigenvalue weighted by Crippen LogP contribution is 2.29. The van der Waals surface area contributed by atoms with E-state index in [-0.39, 0.29) is 0 Å². The fraction of sp³-hybridized carbons (Fsp3) is 0.450. The van der Waals surface area contributed by atoms with E-state index in [2.05, 4.69) is 39.0 Å². The van der Waals surface area contributed by atoms with Crippen LogP contribution in [0.25, 0.3) is 22.7 Å². The van der Waals surface area contributed by atoms with E-state index in [0.717, 1.165) is 38.4 Å². The molecule has 8 heteroatoms. The number of morpholine rings is 1. The fourth-order valence-electron chi connectivity index (χ4n) is 3.23. The Kier molecular flexibility index (Phi) is 5.79. The largest absolute Gasteiger partial charge is 0.430 e. The number of ether oxygens (including phenoxy) is 1. The minimum absolute atomic E-state index is 0.367. The van der Waals surface area contributed by atoms with Gasteiger partial charge < -0.3 is 14.5 Å². The van der Waals surface area contributed by atoms with Gasteiger partial charge in [0, 0.05) is 31.2 Å². The van der Waals surface area contributed by atoms with Gasteiger partial charge in [-0.3, -0.25) is 4.90 Å². The summed E-state index contributed by atoms with van der Waals surface area (Å²) >= 11 is 1.50. The summed E-state index contributed by atoms with van der Waals surface area (Å²) in [5, 5.41) is 4.13. The van der Waals surface area contributed by atoms with Gasteiger partial charge in [-0.15, -0.1) is 0 Å². The van der Waals surface area contributed by atoms with Crippen LogP contribution in [0.1, 0.15) is 12.5 Å². The first-order chi connectivity index (χ1) is 13.6. The number of nitrogens with zero attached hydrogens (tertiary/aromatic N) is 4. The lowest BCUT2D eigenvalue weighted by molar-refractivity contribution is 0.0227. The molecule has 0 spiro atoms. The van der Waals surface area contributed by atoms with Crippen LogP contribution in [0.2, 0.25) is 0 Å². The Hall–Kier alpha value is -2.16. The molecule has 0 unspecified atom stereocenters. The minimum atomic E-state index is 0.367. The van der Waals surface area contributed by atoms with Crippen LogP contribution in [0.4, 0.5) is 5.82 Å². The van der Waals surface area contributed by atoms with Crippen molar-refractivity contribution in [2.24, 2.45) is 0 Å². The SMILES string of the molecule is CSc1nc(NC[C@H](C)N2CCOCC2)c2oc(-c3ccc(C)cc3)nc2n1. The summed E-state index contributed by atoms with van der Waals surface area (Å²) in [5.74, 6) is 1.26. The van der Waals surface area contributed by atoms with E-state index in [9.17, 15) is 0 Å². The predicted octanol–water partition coefficient (Wildman–Crippen LogP) is 3.45. The highest BCUT2D eigenvalue weighted by molar-refractivity contribution is 7.98. The summed E-state index contributed by atoms with van der Waals surface area (Å²) in [5.41, 5.74) is 3.31. The van der Waals surface area contributed by atoms with Crippen LogP contribution in [0.5, 0.6) is 0 Å². The van der Waals surface area contributed by atoms with Gasteiger partial charge in [-0.25, -0.2) is 4.98 Å². The molecular weight excluding hydrogens is 374 g/mol. The molecule has 7 nitrogen and oxygen atoms in total. The molecule has 3 heterocycles. The van der Waals surface area contributed by atoms with E-state index in [0.29, 0.717) is 34.1 Å².